The van der Waals surface area contributed by atoms with Crippen LogP contribution in [0.1, 0.15) is 12.0 Å². The number of para-hydroxylation sites is 1. The Labute approximate surface area is 127 Å². The summed E-state index contributed by atoms with van der Waals surface area (Å²) in [6.07, 6.45) is 2.04. The average molecular weight is 298 g/mol. The Hall–Kier alpha value is -2.52. The lowest BCUT2D eigenvalue weighted by Gasteiger charge is -2.06. The molecule has 0 unspecified atom stereocenters. The van der Waals surface area contributed by atoms with Gasteiger partial charge in [0.05, 0.1) is 11.3 Å². The van der Waals surface area contributed by atoms with E-state index in [-0.39, 0.29) is 5.91 Å². The molecule has 2 rings (SSSR count). The molecule has 0 radical (unpaired) electrons. The molecule has 0 aliphatic heterocycles. The zero-order valence-corrected chi connectivity index (χ0v) is 12.1. The van der Waals surface area contributed by atoms with Crippen LogP contribution >= 0.6 is 11.8 Å². The summed E-state index contributed by atoms with van der Waals surface area (Å²) < 4.78 is 0. The highest BCUT2D eigenvalue weighted by Crippen LogP contribution is 2.19. The molecule has 5 nitrogen and oxygen atoms in total. The molecule has 1 aromatic heterocycles. The number of nitrogens with two attached hydrogens (primary N) is 1. The van der Waals surface area contributed by atoms with Gasteiger partial charge in [-0.15, -0.1) is 11.8 Å². The van der Waals surface area contributed by atoms with Gasteiger partial charge in [-0.1, -0.05) is 12.1 Å². The van der Waals surface area contributed by atoms with Crippen LogP contribution in [0.4, 0.5) is 11.5 Å². The number of carbonyl (C=O) groups excluding carboxylic acids is 1. The van der Waals surface area contributed by atoms with Gasteiger partial charge < -0.3 is 11.1 Å². The van der Waals surface area contributed by atoms with Crippen LogP contribution in [0, 0.1) is 11.3 Å². The number of pyridine rings is 1. The van der Waals surface area contributed by atoms with Crippen LogP contribution < -0.4 is 11.1 Å². The van der Waals surface area contributed by atoms with Crippen molar-refractivity contribution in [3.63, 3.8) is 0 Å². The number of nitrogens with one attached hydrogen (secondary N) is 1. The number of thioether (sulfide) groups is 1. The lowest BCUT2D eigenvalue weighted by Crippen LogP contribution is -2.13. The molecule has 1 amide bonds. The maximum absolute atomic E-state index is 11.9. The minimum Gasteiger partial charge on any atom is -0.384 e. The second-order valence-corrected chi connectivity index (χ2v) is 5.39. The van der Waals surface area contributed by atoms with Gasteiger partial charge in [0.1, 0.15) is 11.9 Å². The summed E-state index contributed by atoms with van der Waals surface area (Å²) in [4.78, 5) is 16.8. The predicted molar refractivity (Wildman–Crippen MR) is 83.8 cm³/mol. The van der Waals surface area contributed by atoms with E-state index in [1.54, 1.807) is 36.5 Å². The molecule has 0 aliphatic rings. The van der Waals surface area contributed by atoms with E-state index in [4.69, 9.17) is 11.0 Å². The molecular formula is C15H14N4OS. The van der Waals surface area contributed by atoms with Gasteiger partial charge in [0.2, 0.25) is 5.91 Å². The second kappa shape index (κ2) is 7.31. The standard InChI is InChI=1S/C15H14N4OS/c16-9-11-3-1-2-4-13(11)19-15(20)7-8-21-12-5-6-14(17)18-10-12/h1-6,10H,7-8H2,(H2,17,18)(H,19,20). The number of nitriles is 1. The first-order chi connectivity index (χ1) is 10.2. The molecular weight excluding hydrogens is 284 g/mol. The van der Waals surface area contributed by atoms with Crippen molar-refractivity contribution in [3.8, 4) is 6.07 Å². The van der Waals surface area contributed by atoms with Crippen LogP contribution in [0.5, 0.6) is 0 Å². The lowest BCUT2D eigenvalue weighted by atomic mass is 10.2. The van der Waals surface area contributed by atoms with Gasteiger partial charge in [-0.3, -0.25) is 4.79 Å². The summed E-state index contributed by atoms with van der Waals surface area (Å²) >= 11 is 1.53. The van der Waals surface area contributed by atoms with Crippen LogP contribution in [0.2, 0.25) is 0 Å². The first-order valence-corrected chi connectivity index (χ1v) is 7.31. The SMILES string of the molecule is N#Cc1ccccc1NC(=O)CCSc1ccc(N)nc1. The summed E-state index contributed by atoms with van der Waals surface area (Å²) in [6, 6.07) is 12.6. The van der Waals surface area contributed by atoms with E-state index in [9.17, 15) is 4.79 Å². The molecule has 106 valence electrons. The molecule has 0 spiro atoms. The first kappa shape index (κ1) is 14.9. The molecule has 2 aromatic rings. The summed E-state index contributed by atoms with van der Waals surface area (Å²) in [5, 5.41) is 11.7. The molecule has 0 aliphatic carbocycles. The summed E-state index contributed by atoms with van der Waals surface area (Å²) in [6.45, 7) is 0. The minimum atomic E-state index is -0.117. The van der Waals surface area contributed by atoms with Crippen molar-refractivity contribution in [1.82, 2.24) is 4.98 Å². The molecule has 0 saturated carbocycles. The third-order valence-electron chi connectivity index (χ3n) is 2.68. The van der Waals surface area contributed by atoms with Crippen LogP contribution in [-0.2, 0) is 4.79 Å². The number of hydrogen-bond acceptors (Lipinski definition) is 5. The number of benzene rings is 1. The Bertz CT molecular complexity index is 664. The van der Waals surface area contributed by atoms with E-state index in [1.165, 1.54) is 11.8 Å². The maximum Gasteiger partial charge on any atom is 0.225 e. The number of carbonyl (C=O) groups is 1. The number of rotatable bonds is 5. The number of anilines is 2. The first-order valence-electron chi connectivity index (χ1n) is 6.32. The third-order valence-corrected chi connectivity index (χ3v) is 3.66. The topological polar surface area (TPSA) is 91.8 Å². The Morgan fingerprint density at radius 1 is 1.33 bits per heavy atom. The number of nitrogen functional groups attached to an aromatic ring is 1. The van der Waals surface area contributed by atoms with Crippen LogP contribution in [0.25, 0.3) is 0 Å². The smallest absolute Gasteiger partial charge is 0.225 e. The zero-order chi connectivity index (χ0) is 15.1. The highest BCUT2D eigenvalue weighted by atomic mass is 32.2. The van der Waals surface area contributed by atoms with Crippen molar-refractivity contribution < 1.29 is 4.79 Å². The van der Waals surface area contributed by atoms with Crippen molar-refractivity contribution in [2.24, 2.45) is 0 Å². The quantitative estimate of drug-likeness (QED) is 0.828. The van der Waals surface area contributed by atoms with Crippen molar-refractivity contribution in [2.75, 3.05) is 16.8 Å². The average Bonchev–Trinajstić information content (AvgIpc) is 2.50. The Morgan fingerprint density at radius 2 is 2.14 bits per heavy atom. The fourth-order valence-corrected chi connectivity index (χ4v) is 2.46. The maximum atomic E-state index is 11.9. The fraction of sp³-hybridized carbons (Fsp3) is 0.133. The van der Waals surface area contributed by atoms with E-state index in [0.29, 0.717) is 29.2 Å². The van der Waals surface area contributed by atoms with Gasteiger partial charge >= 0.3 is 0 Å². The van der Waals surface area contributed by atoms with Gasteiger partial charge in [-0.25, -0.2) is 4.98 Å². The van der Waals surface area contributed by atoms with Crippen LogP contribution in [0.3, 0.4) is 0 Å². The molecule has 1 heterocycles. The predicted octanol–water partition coefficient (Wildman–Crippen LogP) is 2.66. The second-order valence-electron chi connectivity index (χ2n) is 4.22. The highest BCUT2D eigenvalue weighted by molar-refractivity contribution is 7.99. The van der Waals surface area contributed by atoms with Crippen molar-refractivity contribution >= 4 is 29.2 Å². The van der Waals surface area contributed by atoms with Gasteiger partial charge in [0.25, 0.3) is 0 Å². The molecule has 3 N–H and O–H groups in total. The van der Waals surface area contributed by atoms with Crippen molar-refractivity contribution in [1.29, 1.82) is 5.26 Å². The highest BCUT2D eigenvalue weighted by Gasteiger charge is 2.06. The number of aromatic nitrogens is 1. The zero-order valence-electron chi connectivity index (χ0n) is 11.2. The Morgan fingerprint density at radius 3 is 2.86 bits per heavy atom. The van der Waals surface area contributed by atoms with Gasteiger partial charge in [0, 0.05) is 23.3 Å². The summed E-state index contributed by atoms with van der Waals surface area (Å²) in [5.74, 6) is 0.991. The van der Waals surface area contributed by atoms with Gasteiger partial charge in [-0.05, 0) is 24.3 Å². The summed E-state index contributed by atoms with van der Waals surface area (Å²) in [5.41, 5.74) is 6.51. The van der Waals surface area contributed by atoms with Crippen molar-refractivity contribution in [2.45, 2.75) is 11.3 Å². The van der Waals surface area contributed by atoms with E-state index >= 15 is 0 Å². The number of amides is 1. The normalized spacial score (nSPS) is 9.86. The van der Waals surface area contributed by atoms with E-state index in [0.717, 1.165) is 4.90 Å². The monoisotopic (exact) mass is 298 g/mol. The molecule has 1 aromatic carbocycles. The van der Waals surface area contributed by atoms with E-state index in [2.05, 4.69) is 10.3 Å². The van der Waals surface area contributed by atoms with Gasteiger partial charge in [-0.2, -0.15) is 5.26 Å². The van der Waals surface area contributed by atoms with E-state index in [1.807, 2.05) is 12.1 Å². The number of nitrogens with zero attached hydrogens (tertiary/aromatic N) is 2. The van der Waals surface area contributed by atoms with Crippen LogP contribution in [0.15, 0.2) is 47.5 Å². The third kappa shape index (κ3) is 4.51. The summed E-state index contributed by atoms with van der Waals surface area (Å²) in [7, 11) is 0. The number of hydrogen-bond donors (Lipinski definition) is 2. The molecule has 0 atom stereocenters. The van der Waals surface area contributed by atoms with Gasteiger partial charge in [0.15, 0.2) is 0 Å². The molecule has 0 saturated heterocycles. The fourth-order valence-electron chi connectivity index (χ4n) is 1.64. The molecule has 0 fully saturated rings. The Kier molecular flexibility index (Phi) is 5.18. The molecule has 21 heavy (non-hydrogen) atoms. The van der Waals surface area contributed by atoms with E-state index < -0.39 is 0 Å². The lowest BCUT2D eigenvalue weighted by molar-refractivity contribution is -0.115. The van der Waals surface area contributed by atoms with Crippen LogP contribution in [-0.4, -0.2) is 16.6 Å². The largest absolute Gasteiger partial charge is 0.384 e. The molecule has 6 heteroatoms. The minimum absolute atomic E-state index is 0.117. The molecule has 0 bridgehead atoms. The van der Waals surface area contributed by atoms with Crippen molar-refractivity contribution in [3.05, 3.63) is 48.2 Å². The Balaban J connectivity index is 1.82.